The van der Waals surface area contributed by atoms with E-state index in [9.17, 15) is 0 Å². The Morgan fingerprint density at radius 1 is 0.560 bits per heavy atom. The maximum Gasteiger partial charge on any atom is 0.470 e. The number of hydrogen-bond donors (Lipinski definition) is 0. The minimum absolute atomic E-state index is 0.479. The van der Waals surface area contributed by atoms with Gasteiger partial charge in [0.05, 0.1) is 11.2 Å². The Balaban J connectivity index is 2.52. The molecule has 0 saturated heterocycles. The highest BCUT2D eigenvalue weighted by molar-refractivity contribution is 6.92. The second kappa shape index (κ2) is 7.80. The molecule has 4 nitrogen and oxygen atoms in total. The number of rotatable bonds is 6. The van der Waals surface area contributed by atoms with Crippen molar-refractivity contribution in [2.24, 2.45) is 0 Å². The first kappa shape index (κ1) is 19.8. The highest BCUT2D eigenvalue weighted by Crippen LogP contribution is 2.19. The fourth-order valence-corrected chi connectivity index (χ4v) is 4.80. The third kappa shape index (κ3) is 5.76. The average Bonchev–Trinajstić information content (AvgIpc) is 2.55. The summed E-state index contributed by atoms with van der Waals surface area (Å²) >= 11 is 0. The molecule has 0 fully saturated rings. The van der Waals surface area contributed by atoms with Gasteiger partial charge in [0.2, 0.25) is 0 Å². The van der Waals surface area contributed by atoms with Gasteiger partial charge in [0.1, 0.15) is 0 Å². The van der Waals surface area contributed by atoms with Crippen molar-refractivity contribution in [3.05, 3.63) is 60.7 Å². The van der Waals surface area contributed by atoms with Crippen LogP contribution in [0.3, 0.4) is 0 Å². The molecule has 2 rings (SSSR count). The maximum atomic E-state index is 6.05. The molecule has 0 aliphatic carbocycles. The molecular formula is C20H28O4Si. The summed E-state index contributed by atoms with van der Waals surface area (Å²) in [6, 6.07) is 19.7. The SMILES string of the molecule is CC(C)(C)OO[Si](OOC(C)(C)C)(c1ccccc1)c1ccccc1. The van der Waals surface area contributed by atoms with Gasteiger partial charge in [-0.25, -0.2) is 18.9 Å². The third-order valence-corrected chi connectivity index (χ3v) is 5.95. The van der Waals surface area contributed by atoms with Gasteiger partial charge in [-0.3, -0.25) is 0 Å². The zero-order chi connectivity index (χ0) is 18.6. The van der Waals surface area contributed by atoms with Crippen molar-refractivity contribution in [1.29, 1.82) is 0 Å². The molecule has 0 saturated carbocycles. The Morgan fingerprint density at radius 2 is 0.880 bits per heavy atom. The van der Waals surface area contributed by atoms with Gasteiger partial charge in [0.15, 0.2) is 0 Å². The van der Waals surface area contributed by atoms with E-state index >= 15 is 0 Å². The van der Waals surface area contributed by atoms with E-state index in [4.69, 9.17) is 18.9 Å². The van der Waals surface area contributed by atoms with Crippen LogP contribution >= 0.6 is 0 Å². The van der Waals surface area contributed by atoms with Crippen LogP contribution < -0.4 is 10.4 Å². The lowest BCUT2D eigenvalue weighted by Gasteiger charge is -2.33. The minimum Gasteiger partial charge on any atom is -0.239 e. The van der Waals surface area contributed by atoms with Gasteiger partial charge < -0.3 is 0 Å². The van der Waals surface area contributed by atoms with Crippen molar-refractivity contribution < 1.29 is 18.9 Å². The zero-order valence-electron chi connectivity index (χ0n) is 15.9. The molecule has 0 heterocycles. The molecule has 0 aliphatic heterocycles. The van der Waals surface area contributed by atoms with Crippen LogP contribution in [0, 0.1) is 0 Å². The molecule has 2 aromatic carbocycles. The second-order valence-electron chi connectivity index (χ2n) is 7.91. The molecule has 0 unspecified atom stereocenters. The number of benzene rings is 2. The first-order chi connectivity index (χ1) is 11.6. The Labute approximate surface area is 151 Å². The van der Waals surface area contributed by atoms with Crippen LogP contribution in [0.1, 0.15) is 41.5 Å². The maximum absolute atomic E-state index is 6.05. The van der Waals surface area contributed by atoms with Crippen LogP contribution in [0.4, 0.5) is 0 Å². The minimum atomic E-state index is -3.21. The van der Waals surface area contributed by atoms with Crippen molar-refractivity contribution in [1.82, 2.24) is 0 Å². The topological polar surface area (TPSA) is 36.9 Å². The largest absolute Gasteiger partial charge is 0.470 e. The molecule has 0 aliphatic rings. The second-order valence-corrected chi connectivity index (χ2v) is 10.6. The molecular weight excluding hydrogens is 332 g/mol. The van der Waals surface area contributed by atoms with E-state index in [1.807, 2.05) is 102 Å². The van der Waals surface area contributed by atoms with Gasteiger partial charge >= 0.3 is 8.56 Å². The predicted octanol–water partition coefficient (Wildman–Crippen LogP) is 3.74. The van der Waals surface area contributed by atoms with Crippen molar-refractivity contribution in [3.63, 3.8) is 0 Å². The van der Waals surface area contributed by atoms with Crippen LogP contribution in [0.25, 0.3) is 0 Å². The van der Waals surface area contributed by atoms with Crippen molar-refractivity contribution in [3.8, 4) is 0 Å². The fraction of sp³-hybridized carbons (Fsp3) is 0.400. The summed E-state index contributed by atoms with van der Waals surface area (Å²) in [5, 5.41) is 1.82. The first-order valence-corrected chi connectivity index (χ1v) is 10.3. The average molecular weight is 361 g/mol. The van der Waals surface area contributed by atoms with E-state index in [1.54, 1.807) is 0 Å². The molecule has 0 aromatic heterocycles. The summed E-state index contributed by atoms with van der Waals surface area (Å²) < 4.78 is 12.1. The van der Waals surface area contributed by atoms with E-state index in [0.717, 1.165) is 10.4 Å². The lowest BCUT2D eigenvalue weighted by Crippen LogP contribution is -2.64. The van der Waals surface area contributed by atoms with Crippen LogP contribution in [-0.2, 0) is 18.9 Å². The molecule has 2 aromatic rings. The summed E-state index contributed by atoms with van der Waals surface area (Å²) in [6.07, 6.45) is 0. The molecule has 0 N–H and O–H groups in total. The van der Waals surface area contributed by atoms with Gasteiger partial charge in [-0.15, -0.1) is 0 Å². The monoisotopic (exact) mass is 360 g/mol. The summed E-state index contributed by atoms with van der Waals surface area (Å²) in [5.41, 5.74) is -0.959. The van der Waals surface area contributed by atoms with Crippen molar-refractivity contribution >= 4 is 18.9 Å². The van der Waals surface area contributed by atoms with Gasteiger partial charge in [0.25, 0.3) is 0 Å². The Morgan fingerprint density at radius 3 is 1.16 bits per heavy atom. The van der Waals surface area contributed by atoms with Gasteiger partial charge in [0, 0.05) is 10.4 Å². The molecule has 0 radical (unpaired) electrons. The first-order valence-electron chi connectivity index (χ1n) is 8.47. The summed E-state index contributed by atoms with van der Waals surface area (Å²) in [4.78, 5) is 11.5. The van der Waals surface area contributed by atoms with E-state index in [0.29, 0.717) is 0 Å². The van der Waals surface area contributed by atoms with E-state index in [-0.39, 0.29) is 0 Å². The third-order valence-electron chi connectivity index (χ3n) is 3.13. The highest BCUT2D eigenvalue weighted by Gasteiger charge is 2.48. The molecule has 5 heteroatoms. The summed E-state index contributed by atoms with van der Waals surface area (Å²) in [7, 11) is -3.21. The standard InChI is InChI=1S/C20H28O4Si/c1-19(2,3)21-23-25(24-22-20(4,5)6,17-13-9-7-10-14-17)18-15-11-8-12-16-18/h7-16H,1-6H3. The van der Waals surface area contributed by atoms with Crippen molar-refractivity contribution in [2.75, 3.05) is 0 Å². The lowest BCUT2D eigenvalue weighted by molar-refractivity contribution is -0.343. The van der Waals surface area contributed by atoms with Crippen LogP contribution in [0.15, 0.2) is 60.7 Å². The molecule has 0 amide bonds. The smallest absolute Gasteiger partial charge is 0.239 e. The van der Waals surface area contributed by atoms with Gasteiger partial charge in [-0.1, -0.05) is 60.7 Å². The molecule has 136 valence electrons. The summed E-state index contributed by atoms with van der Waals surface area (Å²) in [5.74, 6) is 0. The predicted molar refractivity (Wildman–Crippen MR) is 102 cm³/mol. The Bertz CT molecular complexity index is 585. The normalized spacial score (nSPS) is 13.0. The van der Waals surface area contributed by atoms with Gasteiger partial charge in [-0.05, 0) is 41.5 Å². The van der Waals surface area contributed by atoms with E-state index in [2.05, 4.69) is 0 Å². The zero-order valence-corrected chi connectivity index (χ0v) is 16.9. The molecule has 25 heavy (non-hydrogen) atoms. The molecule has 0 spiro atoms. The Hall–Kier alpha value is -1.50. The molecule has 0 atom stereocenters. The van der Waals surface area contributed by atoms with Crippen LogP contribution in [0.5, 0.6) is 0 Å². The summed E-state index contributed by atoms with van der Waals surface area (Å²) in [6.45, 7) is 11.6. The Kier molecular flexibility index (Phi) is 6.19. The van der Waals surface area contributed by atoms with Gasteiger partial charge in [-0.2, -0.15) is 0 Å². The number of hydrogen-bond acceptors (Lipinski definition) is 4. The van der Waals surface area contributed by atoms with Crippen molar-refractivity contribution in [2.45, 2.75) is 52.7 Å². The van der Waals surface area contributed by atoms with E-state index in [1.165, 1.54) is 0 Å². The van der Waals surface area contributed by atoms with Crippen LogP contribution in [0.2, 0.25) is 0 Å². The van der Waals surface area contributed by atoms with E-state index < -0.39 is 19.8 Å². The molecule has 0 bridgehead atoms. The quantitative estimate of drug-likeness (QED) is 0.447. The lowest BCUT2D eigenvalue weighted by atomic mass is 10.2. The fourth-order valence-electron chi connectivity index (χ4n) is 2.06. The van der Waals surface area contributed by atoms with Crippen LogP contribution in [-0.4, -0.2) is 19.8 Å². The highest BCUT2D eigenvalue weighted by atomic mass is 28.4.